The van der Waals surface area contributed by atoms with Crippen LogP contribution in [0.5, 0.6) is 0 Å². The van der Waals surface area contributed by atoms with Crippen molar-refractivity contribution in [3.8, 4) is 0 Å². The number of ether oxygens (including phenoxy) is 1. The molecule has 3 rings (SSSR count). The van der Waals surface area contributed by atoms with E-state index in [1.807, 2.05) is 6.92 Å². The van der Waals surface area contributed by atoms with Gasteiger partial charge in [-0.05, 0) is 24.1 Å². The van der Waals surface area contributed by atoms with Crippen LogP contribution in [0.25, 0.3) is 5.57 Å². The smallest absolute Gasteiger partial charge is 0.134 e. The molecule has 0 aliphatic carbocycles. The summed E-state index contributed by atoms with van der Waals surface area (Å²) in [5, 5.41) is 4.24. The first-order valence-corrected chi connectivity index (χ1v) is 7.08. The van der Waals surface area contributed by atoms with Gasteiger partial charge in [-0.15, -0.1) is 0 Å². The van der Waals surface area contributed by atoms with Crippen LogP contribution in [-0.4, -0.2) is 18.2 Å². The van der Waals surface area contributed by atoms with Gasteiger partial charge in [0.15, 0.2) is 0 Å². The van der Waals surface area contributed by atoms with Crippen molar-refractivity contribution in [3.05, 3.63) is 34.9 Å². The van der Waals surface area contributed by atoms with Crippen molar-refractivity contribution in [3.63, 3.8) is 0 Å². The fourth-order valence-electron chi connectivity index (χ4n) is 2.46. The SMILES string of the molecule is CC1(Cl)Nc2cc(CBr)ccc2C2=C1COC2. The van der Waals surface area contributed by atoms with Crippen molar-refractivity contribution < 1.29 is 4.74 Å². The maximum atomic E-state index is 6.54. The van der Waals surface area contributed by atoms with Crippen molar-refractivity contribution in [1.29, 1.82) is 0 Å². The minimum absolute atomic E-state index is 0.524. The normalized spacial score (nSPS) is 26.5. The lowest BCUT2D eigenvalue weighted by Crippen LogP contribution is -2.34. The maximum absolute atomic E-state index is 6.54. The summed E-state index contributed by atoms with van der Waals surface area (Å²) in [5.41, 5.74) is 5.98. The number of anilines is 1. The molecular formula is C13H13BrClNO. The largest absolute Gasteiger partial charge is 0.372 e. The second-order valence-electron chi connectivity index (χ2n) is 4.59. The first-order valence-electron chi connectivity index (χ1n) is 5.58. The Morgan fingerprint density at radius 2 is 2.29 bits per heavy atom. The quantitative estimate of drug-likeness (QED) is 0.630. The molecule has 4 heteroatoms. The molecule has 1 atom stereocenters. The standard InChI is InChI=1S/C13H13BrClNO/c1-13(15)11-7-17-6-10(11)9-3-2-8(5-14)4-12(9)16-13/h2-4,16H,5-7H2,1H3. The van der Waals surface area contributed by atoms with Crippen LogP contribution in [0.15, 0.2) is 23.8 Å². The van der Waals surface area contributed by atoms with Crippen molar-refractivity contribution in [1.82, 2.24) is 0 Å². The van der Waals surface area contributed by atoms with Gasteiger partial charge in [0.1, 0.15) is 5.00 Å². The van der Waals surface area contributed by atoms with E-state index in [0.717, 1.165) is 11.0 Å². The van der Waals surface area contributed by atoms with Gasteiger partial charge >= 0.3 is 0 Å². The molecule has 0 amide bonds. The summed E-state index contributed by atoms with van der Waals surface area (Å²) in [6, 6.07) is 6.43. The number of benzene rings is 1. The molecule has 0 fully saturated rings. The topological polar surface area (TPSA) is 21.3 Å². The van der Waals surface area contributed by atoms with Crippen LogP contribution in [-0.2, 0) is 10.1 Å². The number of alkyl halides is 2. The molecule has 0 saturated heterocycles. The van der Waals surface area contributed by atoms with Crippen molar-refractivity contribution in [2.75, 3.05) is 18.5 Å². The highest BCUT2D eigenvalue weighted by Gasteiger charge is 2.37. The van der Waals surface area contributed by atoms with E-state index in [0.29, 0.717) is 13.2 Å². The van der Waals surface area contributed by atoms with Crippen LogP contribution in [0.4, 0.5) is 5.69 Å². The average Bonchev–Trinajstić information content (AvgIpc) is 2.77. The summed E-state index contributed by atoms with van der Waals surface area (Å²) in [7, 11) is 0. The van der Waals surface area contributed by atoms with Crippen molar-refractivity contribution in [2.24, 2.45) is 0 Å². The Morgan fingerprint density at radius 3 is 3.06 bits per heavy atom. The second-order valence-corrected chi connectivity index (χ2v) is 5.91. The predicted octanol–water partition coefficient (Wildman–Crippen LogP) is 3.75. The van der Waals surface area contributed by atoms with E-state index >= 15 is 0 Å². The fourth-order valence-corrected chi connectivity index (χ4v) is 3.08. The molecule has 2 heterocycles. The number of nitrogens with one attached hydrogen (secondary N) is 1. The number of fused-ring (bicyclic) bond motifs is 2. The van der Waals surface area contributed by atoms with Gasteiger partial charge in [-0.3, -0.25) is 0 Å². The number of rotatable bonds is 1. The summed E-state index contributed by atoms with van der Waals surface area (Å²) in [6.45, 7) is 3.28. The molecule has 1 N–H and O–H groups in total. The lowest BCUT2D eigenvalue weighted by Gasteiger charge is -2.33. The highest BCUT2D eigenvalue weighted by molar-refractivity contribution is 9.08. The minimum atomic E-state index is -0.524. The van der Waals surface area contributed by atoms with Crippen molar-refractivity contribution >= 4 is 38.8 Å². The van der Waals surface area contributed by atoms with Gasteiger partial charge in [-0.25, -0.2) is 0 Å². The number of halogens is 2. The van der Waals surface area contributed by atoms with Gasteiger partial charge in [0.25, 0.3) is 0 Å². The molecule has 90 valence electrons. The predicted molar refractivity (Wildman–Crippen MR) is 74.7 cm³/mol. The first-order chi connectivity index (χ1) is 8.12. The lowest BCUT2D eigenvalue weighted by atomic mass is 9.91. The highest BCUT2D eigenvalue weighted by atomic mass is 79.9. The third-order valence-corrected chi connectivity index (χ3v) is 4.33. The van der Waals surface area contributed by atoms with Gasteiger partial charge in [0.05, 0.1) is 13.2 Å². The Morgan fingerprint density at radius 1 is 1.47 bits per heavy atom. The van der Waals surface area contributed by atoms with E-state index < -0.39 is 5.00 Å². The summed E-state index contributed by atoms with van der Waals surface area (Å²) in [4.78, 5) is -0.524. The Balaban J connectivity index is 2.16. The van der Waals surface area contributed by atoms with E-state index in [1.54, 1.807) is 0 Å². The van der Waals surface area contributed by atoms with Crippen LogP contribution in [0.2, 0.25) is 0 Å². The zero-order chi connectivity index (χ0) is 12.0. The van der Waals surface area contributed by atoms with Crippen LogP contribution in [0.3, 0.4) is 0 Å². The molecule has 1 aromatic carbocycles. The highest BCUT2D eigenvalue weighted by Crippen LogP contribution is 2.44. The molecule has 0 bridgehead atoms. The molecular weight excluding hydrogens is 302 g/mol. The van der Waals surface area contributed by atoms with Crippen molar-refractivity contribution in [2.45, 2.75) is 17.3 Å². The van der Waals surface area contributed by atoms with E-state index in [9.17, 15) is 0 Å². The summed E-state index contributed by atoms with van der Waals surface area (Å²) < 4.78 is 5.53. The van der Waals surface area contributed by atoms with Gasteiger partial charge in [0.2, 0.25) is 0 Å². The summed E-state index contributed by atoms with van der Waals surface area (Å²) >= 11 is 10.0. The molecule has 1 aromatic rings. The van der Waals surface area contributed by atoms with Crippen LogP contribution in [0, 0.1) is 0 Å². The molecule has 0 spiro atoms. The molecule has 2 aliphatic heterocycles. The zero-order valence-electron chi connectivity index (χ0n) is 9.52. The van der Waals surface area contributed by atoms with E-state index in [2.05, 4.69) is 39.4 Å². The van der Waals surface area contributed by atoms with Gasteiger partial charge in [-0.2, -0.15) is 0 Å². The third-order valence-electron chi connectivity index (χ3n) is 3.36. The molecule has 0 aromatic heterocycles. The third kappa shape index (κ3) is 1.81. The monoisotopic (exact) mass is 313 g/mol. The van der Waals surface area contributed by atoms with Gasteiger partial charge in [-0.1, -0.05) is 39.7 Å². The van der Waals surface area contributed by atoms with Crippen LogP contribution in [0.1, 0.15) is 18.1 Å². The molecule has 1 unspecified atom stereocenters. The Hall–Kier alpha value is -0.510. The Labute approximate surface area is 114 Å². The van der Waals surface area contributed by atoms with E-state index in [-0.39, 0.29) is 0 Å². The zero-order valence-corrected chi connectivity index (χ0v) is 11.9. The van der Waals surface area contributed by atoms with E-state index in [1.165, 1.54) is 22.3 Å². The van der Waals surface area contributed by atoms with Crippen LogP contribution >= 0.6 is 27.5 Å². The fraction of sp³-hybridized carbons (Fsp3) is 0.385. The van der Waals surface area contributed by atoms with Gasteiger partial charge < -0.3 is 10.1 Å². The number of hydrogen-bond acceptors (Lipinski definition) is 2. The lowest BCUT2D eigenvalue weighted by molar-refractivity contribution is 0.208. The average molecular weight is 315 g/mol. The summed E-state index contributed by atoms with van der Waals surface area (Å²) in [5.74, 6) is 0. The Bertz CT molecular complexity index is 510. The minimum Gasteiger partial charge on any atom is -0.372 e. The summed E-state index contributed by atoms with van der Waals surface area (Å²) in [6.07, 6.45) is 0. The molecule has 0 saturated carbocycles. The molecule has 17 heavy (non-hydrogen) atoms. The molecule has 2 nitrogen and oxygen atoms in total. The Kier molecular flexibility index (Phi) is 2.73. The second kappa shape index (κ2) is 4.01. The van der Waals surface area contributed by atoms with Crippen LogP contribution < -0.4 is 5.32 Å². The molecule has 2 aliphatic rings. The molecule has 0 radical (unpaired) electrons. The van der Waals surface area contributed by atoms with E-state index in [4.69, 9.17) is 16.3 Å². The van der Waals surface area contributed by atoms with Gasteiger partial charge in [0, 0.05) is 22.2 Å². The number of hydrogen-bond donors (Lipinski definition) is 1. The first kappa shape index (κ1) is 11.6. The maximum Gasteiger partial charge on any atom is 0.134 e.